The molecule has 2 aliphatic carbocycles. The fourth-order valence-electron chi connectivity index (χ4n) is 4.93. The van der Waals surface area contributed by atoms with Gasteiger partial charge in [-0.15, -0.1) is 0 Å². The number of hydrogen-bond donors (Lipinski definition) is 2. The molecular weight excluding hydrogens is 456 g/mol. The molecule has 3 N–H and O–H groups in total. The van der Waals surface area contributed by atoms with Crippen LogP contribution in [0.3, 0.4) is 0 Å². The number of ketones is 1. The lowest BCUT2D eigenvalue weighted by molar-refractivity contribution is 0.103. The summed E-state index contributed by atoms with van der Waals surface area (Å²) in [4.78, 5) is 21.6. The van der Waals surface area contributed by atoms with Crippen molar-refractivity contribution < 1.29 is 17.4 Å². The number of anilines is 1. The molecule has 0 bridgehead atoms. The Hall–Kier alpha value is -3.15. The van der Waals surface area contributed by atoms with E-state index in [4.69, 9.17) is 9.32 Å². The highest BCUT2D eigenvalue weighted by Gasteiger charge is 2.29. The van der Waals surface area contributed by atoms with Crippen LogP contribution in [0.4, 0.5) is 5.82 Å². The third-order valence-corrected chi connectivity index (χ3v) is 7.03. The quantitative estimate of drug-likeness (QED) is 0.466. The van der Waals surface area contributed by atoms with Crippen molar-refractivity contribution in [3.8, 4) is 0 Å². The topological polar surface area (TPSA) is 142 Å². The van der Waals surface area contributed by atoms with Gasteiger partial charge in [-0.2, -0.15) is 13.5 Å². The highest BCUT2D eigenvalue weighted by molar-refractivity contribution is 7.84. The molecule has 0 saturated heterocycles. The molecule has 5 rings (SSSR count). The number of nitrogens with two attached hydrogens (primary N) is 1. The van der Waals surface area contributed by atoms with Crippen LogP contribution in [0.5, 0.6) is 0 Å². The van der Waals surface area contributed by atoms with Crippen LogP contribution in [0, 0.1) is 5.92 Å². The maximum Gasteiger partial charge on any atom is 0.333 e. The summed E-state index contributed by atoms with van der Waals surface area (Å²) < 4.78 is 28.7. The first-order valence-electron chi connectivity index (χ1n) is 11.3. The maximum absolute atomic E-state index is 13.3. The number of hydrogen-bond acceptors (Lipinski definition) is 8. The van der Waals surface area contributed by atoms with Crippen LogP contribution < -0.4 is 10.5 Å². The van der Waals surface area contributed by atoms with E-state index in [1.165, 1.54) is 23.7 Å². The van der Waals surface area contributed by atoms with Gasteiger partial charge in [-0.25, -0.2) is 15.1 Å². The molecule has 10 nitrogen and oxygen atoms in total. The summed E-state index contributed by atoms with van der Waals surface area (Å²) in [7, 11) is -3.95. The number of rotatable bonds is 8. The van der Waals surface area contributed by atoms with E-state index in [1.54, 1.807) is 6.07 Å². The minimum Gasteiger partial charge on any atom is -0.367 e. The summed E-state index contributed by atoms with van der Waals surface area (Å²) in [5.41, 5.74) is 3.26. The van der Waals surface area contributed by atoms with E-state index in [2.05, 4.69) is 32.5 Å². The predicted octanol–water partition coefficient (Wildman–Crippen LogP) is 2.24. The zero-order valence-corrected chi connectivity index (χ0v) is 19.3. The second kappa shape index (κ2) is 9.24. The SMILES string of the molecule is NS(=O)(=O)OCC1CCC(Nc2ncncc2C(=O)c2ccn(C3CCc4ccccc43)n2)C1. The zero-order valence-electron chi connectivity index (χ0n) is 18.5. The van der Waals surface area contributed by atoms with Crippen LogP contribution in [-0.4, -0.2) is 46.6 Å². The Bertz CT molecular complexity index is 1310. The van der Waals surface area contributed by atoms with Gasteiger partial charge in [-0.1, -0.05) is 24.3 Å². The Balaban J connectivity index is 1.28. The van der Waals surface area contributed by atoms with Gasteiger partial charge in [0.1, 0.15) is 17.8 Å². The van der Waals surface area contributed by atoms with Crippen molar-refractivity contribution in [2.45, 2.75) is 44.2 Å². The summed E-state index contributed by atoms with van der Waals surface area (Å²) in [5.74, 6) is 0.251. The molecule has 34 heavy (non-hydrogen) atoms. The molecule has 1 saturated carbocycles. The van der Waals surface area contributed by atoms with Crippen molar-refractivity contribution in [1.82, 2.24) is 19.7 Å². The smallest absolute Gasteiger partial charge is 0.333 e. The van der Waals surface area contributed by atoms with Gasteiger partial charge >= 0.3 is 10.3 Å². The molecule has 11 heteroatoms. The maximum atomic E-state index is 13.3. The second-order valence-corrected chi connectivity index (χ2v) is 10.1. The van der Waals surface area contributed by atoms with Crippen molar-refractivity contribution >= 4 is 21.9 Å². The lowest BCUT2D eigenvalue weighted by Gasteiger charge is -2.16. The molecule has 3 unspecified atom stereocenters. The molecule has 0 radical (unpaired) electrons. The molecule has 3 aromatic rings. The van der Waals surface area contributed by atoms with Crippen LogP contribution in [0.25, 0.3) is 0 Å². The van der Waals surface area contributed by atoms with Crippen LogP contribution in [-0.2, 0) is 20.9 Å². The number of nitrogens with one attached hydrogen (secondary N) is 1. The third kappa shape index (κ3) is 4.86. The van der Waals surface area contributed by atoms with Crippen molar-refractivity contribution in [3.05, 3.63) is 71.4 Å². The average Bonchev–Trinajstić information content (AvgIpc) is 3.56. The molecule has 178 valence electrons. The highest BCUT2D eigenvalue weighted by Crippen LogP contribution is 2.34. The predicted molar refractivity (Wildman–Crippen MR) is 124 cm³/mol. The molecule has 2 aromatic heterocycles. The number of carbonyl (C=O) groups excluding carboxylic acids is 1. The van der Waals surface area contributed by atoms with Gasteiger partial charge in [0.2, 0.25) is 5.78 Å². The van der Waals surface area contributed by atoms with Crippen LogP contribution >= 0.6 is 0 Å². The van der Waals surface area contributed by atoms with Gasteiger partial charge in [-0.3, -0.25) is 13.7 Å². The molecule has 0 aliphatic heterocycles. The number of carbonyl (C=O) groups is 1. The van der Waals surface area contributed by atoms with E-state index in [0.717, 1.165) is 25.7 Å². The van der Waals surface area contributed by atoms with Crippen molar-refractivity contribution in [3.63, 3.8) is 0 Å². The van der Waals surface area contributed by atoms with Crippen molar-refractivity contribution in [2.24, 2.45) is 11.1 Å². The Morgan fingerprint density at radius 2 is 2.06 bits per heavy atom. The first kappa shape index (κ1) is 22.6. The molecule has 1 aromatic carbocycles. The fraction of sp³-hybridized carbons (Fsp3) is 0.391. The monoisotopic (exact) mass is 482 g/mol. The number of aryl methyl sites for hydroxylation is 1. The van der Waals surface area contributed by atoms with E-state index in [9.17, 15) is 13.2 Å². The van der Waals surface area contributed by atoms with Crippen LogP contribution in [0.15, 0.2) is 49.1 Å². The van der Waals surface area contributed by atoms with E-state index >= 15 is 0 Å². The summed E-state index contributed by atoms with van der Waals surface area (Å²) in [5, 5.41) is 12.8. The van der Waals surface area contributed by atoms with Gasteiger partial charge in [0, 0.05) is 18.4 Å². The van der Waals surface area contributed by atoms with Crippen molar-refractivity contribution in [2.75, 3.05) is 11.9 Å². The van der Waals surface area contributed by atoms with Gasteiger partial charge in [0.05, 0.1) is 18.2 Å². The van der Waals surface area contributed by atoms with Gasteiger partial charge in [-0.05, 0) is 55.2 Å². The minimum absolute atomic E-state index is 0.0306. The Kier molecular flexibility index (Phi) is 6.15. The van der Waals surface area contributed by atoms with Gasteiger partial charge in [0.25, 0.3) is 0 Å². The minimum atomic E-state index is -3.95. The number of aromatic nitrogens is 4. The van der Waals surface area contributed by atoms with E-state index < -0.39 is 10.3 Å². The Morgan fingerprint density at radius 1 is 1.21 bits per heavy atom. The molecule has 2 aliphatic rings. The largest absolute Gasteiger partial charge is 0.367 e. The number of fused-ring (bicyclic) bond motifs is 1. The third-order valence-electron chi connectivity index (χ3n) is 6.57. The zero-order chi connectivity index (χ0) is 23.7. The van der Waals surface area contributed by atoms with Crippen LogP contribution in [0.1, 0.15) is 58.9 Å². The molecule has 0 amide bonds. The second-order valence-electron chi connectivity index (χ2n) is 8.85. The first-order valence-corrected chi connectivity index (χ1v) is 12.8. The molecule has 1 fully saturated rings. The Labute approximate surface area is 197 Å². The van der Waals surface area contributed by atoms with E-state index in [0.29, 0.717) is 23.5 Å². The highest BCUT2D eigenvalue weighted by atomic mass is 32.2. The summed E-state index contributed by atoms with van der Waals surface area (Å²) in [6, 6.07) is 10.2. The molecule has 0 spiro atoms. The fourth-order valence-corrected chi connectivity index (χ4v) is 5.31. The lowest BCUT2D eigenvalue weighted by atomic mass is 10.1. The lowest BCUT2D eigenvalue weighted by Crippen LogP contribution is -2.22. The average molecular weight is 483 g/mol. The molecule has 2 heterocycles. The van der Waals surface area contributed by atoms with Gasteiger partial charge < -0.3 is 5.32 Å². The molecular formula is C23H26N6O4S. The van der Waals surface area contributed by atoms with E-state index in [1.807, 2.05) is 23.0 Å². The standard InChI is InChI=1S/C23H26N6O4S/c24-34(31,32)33-13-15-5-7-17(11-15)27-23-19(12-25-14-26-23)22(30)20-9-10-29(28-20)21-8-6-16-3-1-2-4-18(16)21/h1-4,9-10,12,14-15,17,21H,5-8,11,13H2,(H2,24,31,32)(H,25,26,27). The summed E-state index contributed by atoms with van der Waals surface area (Å²) >= 11 is 0. The summed E-state index contributed by atoms with van der Waals surface area (Å²) in [6.07, 6.45) is 8.96. The number of benzene rings is 1. The Morgan fingerprint density at radius 3 is 2.91 bits per heavy atom. The van der Waals surface area contributed by atoms with Crippen LogP contribution in [0.2, 0.25) is 0 Å². The van der Waals surface area contributed by atoms with Gasteiger partial charge in [0.15, 0.2) is 0 Å². The number of nitrogens with zero attached hydrogens (tertiary/aromatic N) is 4. The van der Waals surface area contributed by atoms with E-state index in [-0.39, 0.29) is 30.4 Å². The first-order chi connectivity index (χ1) is 16.4. The van der Waals surface area contributed by atoms with Crippen molar-refractivity contribution in [1.29, 1.82) is 0 Å². The normalized spacial score (nSPS) is 22.0. The molecule has 3 atom stereocenters. The summed E-state index contributed by atoms with van der Waals surface area (Å²) in [6.45, 7) is 0.0499.